The van der Waals surface area contributed by atoms with Crippen LogP contribution in [0.3, 0.4) is 0 Å². The molecule has 1 aliphatic heterocycles. The second-order valence-electron chi connectivity index (χ2n) is 7.61. The summed E-state index contributed by atoms with van der Waals surface area (Å²) in [5, 5.41) is 7.53. The van der Waals surface area contributed by atoms with E-state index in [0.717, 1.165) is 32.4 Å². The van der Waals surface area contributed by atoms with Crippen LogP contribution in [0, 0.1) is 5.41 Å². The lowest BCUT2D eigenvalue weighted by Crippen LogP contribution is -2.41. The number of carbonyl (C=O) groups is 1. The van der Waals surface area contributed by atoms with Crippen LogP contribution in [0.1, 0.15) is 57.1 Å². The SMILES string of the molecule is COC(=N)CCc1ccc(C2CCN(C(=O)OC(C)(C)C)CC2)cc1. The van der Waals surface area contributed by atoms with Gasteiger partial charge < -0.3 is 14.4 Å². The molecule has 5 nitrogen and oxygen atoms in total. The summed E-state index contributed by atoms with van der Waals surface area (Å²) in [5.74, 6) is 0.809. The predicted octanol–water partition coefficient (Wildman–Crippen LogP) is 4.36. The van der Waals surface area contributed by atoms with Crippen molar-refractivity contribution in [2.24, 2.45) is 0 Å². The van der Waals surface area contributed by atoms with Crippen molar-refractivity contribution in [3.63, 3.8) is 0 Å². The molecule has 5 heteroatoms. The maximum atomic E-state index is 12.1. The lowest BCUT2D eigenvalue weighted by atomic mass is 9.89. The fraction of sp³-hybridized carbons (Fsp3) is 0.600. The zero-order valence-corrected chi connectivity index (χ0v) is 15.8. The van der Waals surface area contributed by atoms with Crippen LogP contribution in [0.2, 0.25) is 0 Å². The third kappa shape index (κ3) is 6.07. The maximum absolute atomic E-state index is 12.1. The zero-order valence-electron chi connectivity index (χ0n) is 15.8. The molecule has 0 spiro atoms. The van der Waals surface area contributed by atoms with Gasteiger partial charge in [-0.2, -0.15) is 0 Å². The lowest BCUT2D eigenvalue weighted by Gasteiger charge is -2.33. The molecule has 1 aliphatic rings. The predicted molar refractivity (Wildman–Crippen MR) is 99.3 cm³/mol. The number of aryl methyl sites for hydroxylation is 1. The molecule has 0 saturated carbocycles. The van der Waals surface area contributed by atoms with Crippen LogP contribution in [0.4, 0.5) is 4.79 Å². The summed E-state index contributed by atoms with van der Waals surface area (Å²) in [5.41, 5.74) is 2.11. The Labute approximate surface area is 150 Å². The number of piperidine rings is 1. The number of nitrogens with one attached hydrogen (secondary N) is 1. The summed E-state index contributed by atoms with van der Waals surface area (Å²) in [6.45, 7) is 7.17. The molecular formula is C20H30N2O3. The number of ether oxygens (including phenoxy) is 2. The molecule has 25 heavy (non-hydrogen) atoms. The molecule has 2 rings (SSSR count). The van der Waals surface area contributed by atoms with E-state index in [-0.39, 0.29) is 6.09 Å². The van der Waals surface area contributed by atoms with Crippen molar-refractivity contribution in [3.8, 4) is 0 Å². The highest BCUT2D eigenvalue weighted by atomic mass is 16.6. The number of rotatable bonds is 4. The van der Waals surface area contributed by atoms with E-state index in [1.807, 2.05) is 25.7 Å². The largest absolute Gasteiger partial charge is 0.484 e. The van der Waals surface area contributed by atoms with E-state index >= 15 is 0 Å². The van der Waals surface area contributed by atoms with Gasteiger partial charge in [-0.1, -0.05) is 24.3 Å². The molecule has 0 radical (unpaired) electrons. The molecule has 1 heterocycles. The molecule has 0 atom stereocenters. The van der Waals surface area contributed by atoms with Crippen LogP contribution in [-0.2, 0) is 15.9 Å². The van der Waals surface area contributed by atoms with Gasteiger partial charge in [0.05, 0.1) is 7.11 Å². The van der Waals surface area contributed by atoms with Crippen molar-refractivity contribution in [2.75, 3.05) is 20.2 Å². The van der Waals surface area contributed by atoms with Crippen LogP contribution < -0.4 is 0 Å². The second kappa shape index (κ2) is 8.37. The standard InChI is InChI=1S/C20H30N2O3/c1-20(2,3)25-19(23)22-13-11-17(12-14-22)16-8-5-15(6-9-16)7-10-18(21)24-4/h5-6,8-9,17,21H,7,10-14H2,1-4H3. The first-order chi connectivity index (χ1) is 11.8. The Kier molecular flexibility index (Phi) is 6.45. The molecule has 1 aromatic carbocycles. The topological polar surface area (TPSA) is 62.6 Å². The van der Waals surface area contributed by atoms with Crippen molar-refractivity contribution < 1.29 is 14.3 Å². The Morgan fingerprint density at radius 1 is 1.20 bits per heavy atom. The molecule has 1 saturated heterocycles. The van der Waals surface area contributed by atoms with Gasteiger partial charge in [-0.15, -0.1) is 0 Å². The summed E-state index contributed by atoms with van der Waals surface area (Å²) < 4.78 is 10.3. The number of hydrogen-bond acceptors (Lipinski definition) is 4. The zero-order chi connectivity index (χ0) is 18.4. The molecule has 0 aromatic heterocycles. The Bertz CT molecular complexity index is 582. The normalized spacial score (nSPS) is 15.8. The van der Waals surface area contributed by atoms with E-state index < -0.39 is 5.60 Å². The van der Waals surface area contributed by atoms with Crippen LogP contribution >= 0.6 is 0 Å². The average Bonchev–Trinajstić information content (AvgIpc) is 2.59. The summed E-state index contributed by atoms with van der Waals surface area (Å²) >= 11 is 0. The first-order valence-electron chi connectivity index (χ1n) is 8.96. The van der Waals surface area contributed by atoms with Crippen molar-refractivity contribution >= 4 is 12.0 Å². The molecule has 0 unspecified atom stereocenters. The first-order valence-corrected chi connectivity index (χ1v) is 8.96. The lowest BCUT2D eigenvalue weighted by molar-refractivity contribution is 0.0205. The maximum Gasteiger partial charge on any atom is 0.410 e. The molecule has 138 valence electrons. The van der Waals surface area contributed by atoms with Gasteiger partial charge in [-0.05, 0) is 57.1 Å². The number of nitrogens with zero attached hydrogens (tertiary/aromatic N) is 1. The smallest absolute Gasteiger partial charge is 0.410 e. The summed E-state index contributed by atoms with van der Waals surface area (Å²) in [7, 11) is 1.54. The first kappa shape index (κ1) is 19.3. The number of methoxy groups -OCH3 is 1. The van der Waals surface area contributed by atoms with Gasteiger partial charge >= 0.3 is 6.09 Å². The third-order valence-corrected chi connectivity index (χ3v) is 4.48. The van der Waals surface area contributed by atoms with E-state index in [2.05, 4.69) is 24.3 Å². The molecule has 1 fully saturated rings. The molecular weight excluding hydrogens is 316 g/mol. The van der Waals surface area contributed by atoms with E-state index in [0.29, 0.717) is 18.2 Å². The van der Waals surface area contributed by atoms with Crippen LogP contribution in [0.5, 0.6) is 0 Å². The van der Waals surface area contributed by atoms with E-state index in [1.165, 1.54) is 18.2 Å². The Morgan fingerprint density at radius 3 is 2.32 bits per heavy atom. The fourth-order valence-corrected chi connectivity index (χ4v) is 3.04. The number of hydrogen-bond donors (Lipinski definition) is 1. The number of amides is 1. The number of carbonyl (C=O) groups excluding carboxylic acids is 1. The van der Waals surface area contributed by atoms with Gasteiger partial charge in [0.25, 0.3) is 0 Å². The highest BCUT2D eigenvalue weighted by Gasteiger charge is 2.27. The van der Waals surface area contributed by atoms with Crippen LogP contribution in [-0.4, -0.2) is 42.7 Å². The Balaban J connectivity index is 1.84. The second-order valence-corrected chi connectivity index (χ2v) is 7.61. The fourth-order valence-electron chi connectivity index (χ4n) is 3.04. The third-order valence-electron chi connectivity index (χ3n) is 4.48. The average molecular weight is 346 g/mol. The number of benzene rings is 1. The Hall–Kier alpha value is -2.04. The van der Waals surface area contributed by atoms with Gasteiger partial charge in [0.15, 0.2) is 5.90 Å². The van der Waals surface area contributed by atoms with Gasteiger partial charge in [0.1, 0.15) is 5.60 Å². The molecule has 0 bridgehead atoms. The van der Waals surface area contributed by atoms with E-state index in [9.17, 15) is 4.79 Å². The number of likely N-dealkylation sites (tertiary alicyclic amines) is 1. The van der Waals surface area contributed by atoms with Crippen LogP contribution in [0.15, 0.2) is 24.3 Å². The molecule has 1 N–H and O–H groups in total. The van der Waals surface area contributed by atoms with Crippen molar-refractivity contribution in [2.45, 2.75) is 58.0 Å². The quantitative estimate of drug-likeness (QED) is 0.651. The highest BCUT2D eigenvalue weighted by molar-refractivity contribution is 5.72. The monoisotopic (exact) mass is 346 g/mol. The van der Waals surface area contributed by atoms with Crippen molar-refractivity contribution in [1.82, 2.24) is 4.90 Å². The summed E-state index contributed by atoms with van der Waals surface area (Å²) in [6, 6.07) is 8.64. The molecule has 0 aliphatic carbocycles. The van der Waals surface area contributed by atoms with E-state index in [1.54, 1.807) is 0 Å². The van der Waals surface area contributed by atoms with Gasteiger partial charge in [-0.3, -0.25) is 5.41 Å². The van der Waals surface area contributed by atoms with Gasteiger partial charge in [0, 0.05) is 19.5 Å². The summed E-state index contributed by atoms with van der Waals surface area (Å²) in [4.78, 5) is 13.9. The molecule has 1 amide bonds. The molecule has 1 aromatic rings. The van der Waals surface area contributed by atoms with Gasteiger partial charge in [-0.25, -0.2) is 4.79 Å². The van der Waals surface area contributed by atoms with Gasteiger partial charge in [0.2, 0.25) is 0 Å². The van der Waals surface area contributed by atoms with Crippen molar-refractivity contribution in [3.05, 3.63) is 35.4 Å². The summed E-state index contributed by atoms with van der Waals surface area (Å²) in [6.07, 6.45) is 3.18. The highest BCUT2D eigenvalue weighted by Crippen LogP contribution is 2.29. The van der Waals surface area contributed by atoms with Crippen LogP contribution in [0.25, 0.3) is 0 Å². The Morgan fingerprint density at radius 2 is 1.80 bits per heavy atom. The minimum absolute atomic E-state index is 0.207. The van der Waals surface area contributed by atoms with E-state index in [4.69, 9.17) is 14.9 Å². The minimum Gasteiger partial charge on any atom is -0.484 e. The van der Waals surface area contributed by atoms with Crippen molar-refractivity contribution in [1.29, 1.82) is 5.41 Å². The minimum atomic E-state index is -0.442.